The first kappa shape index (κ1) is 57.8. The van der Waals surface area contributed by atoms with Crippen molar-refractivity contribution in [3.8, 4) is 0 Å². The zero-order valence-corrected chi connectivity index (χ0v) is 45.9. The fourth-order valence-corrected chi connectivity index (χ4v) is 11.8. The van der Waals surface area contributed by atoms with Gasteiger partial charge in [0.05, 0.1) is 62.1 Å². The van der Waals surface area contributed by atoms with Crippen LogP contribution in [0.2, 0.25) is 10.0 Å². The van der Waals surface area contributed by atoms with E-state index >= 15 is 4.79 Å². The predicted octanol–water partition coefficient (Wildman–Crippen LogP) is 7.59. The third-order valence-corrected chi connectivity index (χ3v) is 17.0. The Labute approximate surface area is 455 Å². The maximum atomic E-state index is 15.2. The molecule has 408 valence electrons. The number of imide groups is 1. The molecule has 4 N–H and O–H groups in total. The summed E-state index contributed by atoms with van der Waals surface area (Å²) >= 11 is 12.9. The number of carbonyl (C=O) groups is 6. The van der Waals surface area contributed by atoms with E-state index in [-0.39, 0.29) is 80.2 Å². The minimum atomic E-state index is -3.63. The third kappa shape index (κ3) is 14.4. The van der Waals surface area contributed by atoms with E-state index in [1.807, 2.05) is 50.2 Å². The van der Waals surface area contributed by atoms with Crippen molar-refractivity contribution in [3.63, 3.8) is 0 Å². The number of sulfone groups is 1. The smallest absolute Gasteiger partial charge is 0.255 e. The molecule has 20 heteroatoms. The molecule has 5 atom stereocenters. The van der Waals surface area contributed by atoms with Crippen LogP contribution in [0.1, 0.15) is 110 Å². The minimum absolute atomic E-state index is 0.194. The van der Waals surface area contributed by atoms with E-state index in [2.05, 4.69) is 21.3 Å². The highest BCUT2D eigenvalue weighted by atomic mass is 35.5. The summed E-state index contributed by atoms with van der Waals surface area (Å²) in [4.78, 5) is 82.5. The molecule has 0 spiro atoms. The number of likely N-dealkylation sites (tertiary alicyclic amines) is 1. The Balaban J connectivity index is 0.842. The number of carbonyl (C=O) groups excluding carboxylic acids is 6. The molecule has 4 aromatic carbocycles. The SMILES string of the molecule is CC(C)C(CS(=O)(=O)C(C)C)N1C(=O)[C@@](C)(CC(=O)Nc2ccc(C(=O)NCCOCCOCCOCCNc3cccc4c3CN(C3CCC(=O)NC3=O)C4=O)cc2)C[C@H](c2cccc(Cl)c2)[C@H]1c1ccc(Cl)cc1. The Bertz CT molecular complexity index is 2850. The molecule has 3 heterocycles. The van der Waals surface area contributed by atoms with E-state index in [4.69, 9.17) is 37.4 Å². The fraction of sp³-hybridized carbons (Fsp3) is 0.464. The molecule has 3 aliphatic rings. The maximum absolute atomic E-state index is 15.2. The lowest BCUT2D eigenvalue weighted by atomic mass is 9.66. The van der Waals surface area contributed by atoms with Crippen LogP contribution < -0.4 is 21.3 Å². The van der Waals surface area contributed by atoms with Crippen LogP contribution in [0.4, 0.5) is 11.4 Å². The van der Waals surface area contributed by atoms with E-state index in [9.17, 15) is 32.4 Å². The number of piperidine rings is 2. The van der Waals surface area contributed by atoms with Crippen molar-refractivity contribution in [2.45, 2.75) is 96.1 Å². The van der Waals surface area contributed by atoms with Gasteiger partial charge in [0.25, 0.3) is 11.8 Å². The molecule has 7 rings (SSSR count). The number of nitrogens with zero attached hydrogens (tertiary/aromatic N) is 2. The van der Waals surface area contributed by atoms with Gasteiger partial charge in [0.15, 0.2) is 9.84 Å². The Morgan fingerprint density at radius 3 is 2.11 bits per heavy atom. The third-order valence-electron chi connectivity index (χ3n) is 14.2. The van der Waals surface area contributed by atoms with Crippen LogP contribution in [-0.2, 0) is 49.8 Å². The summed E-state index contributed by atoms with van der Waals surface area (Å²) in [5, 5.41) is 11.7. The van der Waals surface area contributed by atoms with E-state index in [0.717, 1.165) is 22.4 Å². The summed E-state index contributed by atoms with van der Waals surface area (Å²) < 4.78 is 44.2. The Morgan fingerprint density at radius 2 is 1.46 bits per heavy atom. The van der Waals surface area contributed by atoms with Crippen molar-refractivity contribution in [2.75, 3.05) is 69.1 Å². The lowest BCUT2D eigenvalue weighted by Crippen LogP contribution is -2.59. The van der Waals surface area contributed by atoms with Gasteiger partial charge in [0, 0.05) is 82.5 Å². The van der Waals surface area contributed by atoms with Crippen LogP contribution in [0.5, 0.6) is 0 Å². The molecule has 2 fully saturated rings. The number of anilines is 2. The molecular formula is C56H68Cl2N6O11S. The second kappa shape index (κ2) is 26.0. The van der Waals surface area contributed by atoms with Gasteiger partial charge < -0.3 is 40.0 Å². The molecule has 4 aromatic rings. The highest BCUT2D eigenvalue weighted by Gasteiger charge is 2.53. The molecule has 0 aliphatic carbocycles. The lowest BCUT2D eigenvalue weighted by Gasteiger charge is -2.53. The molecule has 0 saturated carbocycles. The second-order valence-corrected chi connectivity index (χ2v) is 23.9. The Hall–Kier alpha value is -5.89. The molecule has 2 saturated heterocycles. The van der Waals surface area contributed by atoms with E-state index in [1.165, 1.54) is 4.90 Å². The van der Waals surface area contributed by atoms with Gasteiger partial charge in [-0.3, -0.25) is 34.1 Å². The number of ether oxygens (including phenoxy) is 3. The normalized spacial score (nSPS) is 20.2. The van der Waals surface area contributed by atoms with Crippen LogP contribution in [0.25, 0.3) is 0 Å². The van der Waals surface area contributed by atoms with Gasteiger partial charge in [0.1, 0.15) is 6.04 Å². The van der Waals surface area contributed by atoms with Crippen molar-refractivity contribution in [1.82, 2.24) is 20.4 Å². The Morgan fingerprint density at radius 1 is 0.803 bits per heavy atom. The molecular weight excluding hydrogens is 1040 g/mol. The maximum Gasteiger partial charge on any atom is 0.255 e. The van der Waals surface area contributed by atoms with E-state index < -0.39 is 50.4 Å². The van der Waals surface area contributed by atoms with Crippen molar-refractivity contribution in [2.24, 2.45) is 11.3 Å². The van der Waals surface area contributed by atoms with Crippen molar-refractivity contribution in [3.05, 3.63) is 129 Å². The molecule has 3 aliphatic heterocycles. The lowest BCUT2D eigenvalue weighted by molar-refractivity contribution is -0.157. The first-order valence-corrected chi connectivity index (χ1v) is 28.2. The molecule has 6 amide bonds. The summed E-state index contributed by atoms with van der Waals surface area (Å²) in [6.07, 6.45) is 0.557. The summed E-state index contributed by atoms with van der Waals surface area (Å²) in [6.45, 7) is 11.9. The van der Waals surface area contributed by atoms with Gasteiger partial charge in [-0.05, 0) is 104 Å². The summed E-state index contributed by atoms with van der Waals surface area (Å²) in [5.74, 6) is -2.99. The zero-order chi connectivity index (χ0) is 54.7. The number of hydrogen-bond donors (Lipinski definition) is 4. The number of benzene rings is 4. The largest absolute Gasteiger partial charge is 0.382 e. The average molecular weight is 1100 g/mol. The van der Waals surface area contributed by atoms with Gasteiger partial charge >= 0.3 is 0 Å². The van der Waals surface area contributed by atoms with Gasteiger partial charge in [-0.25, -0.2) is 8.42 Å². The average Bonchev–Trinajstić information content (AvgIpc) is 3.71. The zero-order valence-electron chi connectivity index (χ0n) is 43.6. The van der Waals surface area contributed by atoms with Crippen LogP contribution in [0.3, 0.4) is 0 Å². The second-order valence-electron chi connectivity index (χ2n) is 20.4. The van der Waals surface area contributed by atoms with Crippen molar-refractivity contribution >= 4 is 79.9 Å². The Kier molecular flexibility index (Phi) is 19.8. The van der Waals surface area contributed by atoms with E-state index in [0.29, 0.717) is 72.9 Å². The highest BCUT2D eigenvalue weighted by Crippen LogP contribution is 2.53. The predicted molar refractivity (Wildman–Crippen MR) is 291 cm³/mol. The standard InChI is InChI=1S/C56H68Cl2N6O11S/c1-35(2)48(34-76(71,72)36(3)4)64-51(37-12-16-40(57)17-13-37)44(39-8-6-9-41(58)30-39)31-56(5,55(64)70)32-50(66)61-42-18-14-38(15-19-42)52(67)60-23-25-74-27-29-75-28-26-73-24-22-59-46-11-7-10-43-45(46)33-63(54(43)69)47-20-21-49(65)62-53(47)68/h6-19,30,35-36,44,47-48,51,59H,20-29,31-34H2,1-5H3,(H,60,67)(H,61,66)(H,62,65,68)/t44-,47?,48?,51-,56-/m1/s1. The van der Waals surface area contributed by atoms with Gasteiger partial charge in [-0.2, -0.15) is 0 Å². The number of amides is 6. The van der Waals surface area contributed by atoms with Crippen LogP contribution in [-0.4, -0.2) is 129 Å². The molecule has 76 heavy (non-hydrogen) atoms. The van der Waals surface area contributed by atoms with Gasteiger partial charge in [-0.15, -0.1) is 0 Å². The van der Waals surface area contributed by atoms with Crippen LogP contribution in [0.15, 0.2) is 91.0 Å². The highest BCUT2D eigenvalue weighted by molar-refractivity contribution is 7.92. The van der Waals surface area contributed by atoms with Crippen LogP contribution >= 0.6 is 23.2 Å². The minimum Gasteiger partial charge on any atom is -0.382 e. The number of rotatable bonds is 25. The number of halogens is 2. The number of nitrogens with one attached hydrogen (secondary N) is 4. The van der Waals surface area contributed by atoms with E-state index in [1.54, 1.807) is 80.3 Å². The molecule has 0 aromatic heterocycles. The van der Waals surface area contributed by atoms with Crippen LogP contribution in [0, 0.1) is 11.3 Å². The first-order chi connectivity index (χ1) is 36.3. The summed E-state index contributed by atoms with van der Waals surface area (Å²) in [6, 6.07) is 24.5. The van der Waals surface area contributed by atoms with Crippen molar-refractivity contribution < 1.29 is 51.4 Å². The number of hydrogen-bond acceptors (Lipinski definition) is 12. The molecule has 0 bridgehead atoms. The first-order valence-electron chi connectivity index (χ1n) is 25.7. The molecule has 17 nitrogen and oxygen atoms in total. The topological polar surface area (TPSA) is 219 Å². The summed E-state index contributed by atoms with van der Waals surface area (Å²) in [7, 11) is -3.63. The molecule has 2 unspecified atom stereocenters. The fourth-order valence-electron chi connectivity index (χ4n) is 10.1. The van der Waals surface area contributed by atoms with Gasteiger partial charge in [-0.1, -0.05) is 74.3 Å². The summed E-state index contributed by atoms with van der Waals surface area (Å²) in [5.41, 5.74) is 3.29. The number of fused-ring (bicyclic) bond motifs is 1. The van der Waals surface area contributed by atoms with Gasteiger partial charge in [0.2, 0.25) is 23.6 Å². The quantitative estimate of drug-likeness (QED) is 0.0373. The monoisotopic (exact) mass is 1100 g/mol. The van der Waals surface area contributed by atoms with Crippen molar-refractivity contribution in [1.29, 1.82) is 0 Å². The molecule has 0 radical (unpaired) electrons.